The molecule has 6 heteroatoms. The Bertz CT molecular complexity index is 1070. The summed E-state index contributed by atoms with van der Waals surface area (Å²) in [4.78, 5) is 4.26. The Morgan fingerprint density at radius 1 is 1.17 bits per heavy atom. The molecule has 0 radical (unpaired) electrons. The average Bonchev–Trinajstić information content (AvgIpc) is 2.72. The highest BCUT2D eigenvalue weighted by molar-refractivity contribution is 6.02. The van der Waals surface area contributed by atoms with Gasteiger partial charge < -0.3 is 21.6 Å². The molecule has 1 heterocycles. The lowest BCUT2D eigenvalue weighted by Crippen LogP contribution is -2.30. The fourth-order valence-electron chi connectivity index (χ4n) is 3.05. The number of pyridine rings is 1. The molecule has 0 aliphatic rings. The number of rotatable bonds is 7. The summed E-state index contributed by atoms with van der Waals surface area (Å²) in [6.45, 7) is 2.04. The normalized spacial score (nSPS) is 11.5. The van der Waals surface area contributed by atoms with Crippen molar-refractivity contribution in [2.45, 2.75) is 19.4 Å². The van der Waals surface area contributed by atoms with Gasteiger partial charge in [-0.2, -0.15) is 5.26 Å². The maximum atomic E-state index is 9.00. The summed E-state index contributed by atoms with van der Waals surface area (Å²) >= 11 is 0. The molecule has 0 unspecified atom stereocenters. The maximum absolute atomic E-state index is 9.00. The first-order chi connectivity index (χ1) is 14.0. The Labute approximate surface area is 170 Å². The van der Waals surface area contributed by atoms with Gasteiger partial charge >= 0.3 is 0 Å². The van der Waals surface area contributed by atoms with Crippen LogP contribution in [0, 0.1) is 16.7 Å². The van der Waals surface area contributed by atoms with E-state index in [9.17, 15) is 0 Å². The largest absolute Gasteiger partial charge is 0.490 e. The van der Waals surface area contributed by atoms with Crippen molar-refractivity contribution in [3.8, 4) is 22.9 Å². The van der Waals surface area contributed by atoms with E-state index in [0.29, 0.717) is 41.3 Å². The van der Waals surface area contributed by atoms with E-state index >= 15 is 0 Å². The van der Waals surface area contributed by atoms with Gasteiger partial charge in [-0.05, 0) is 54.8 Å². The van der Waals surface area contributed by atoms with Gasteiger partial charge in [-0.3, -0.25) is 4.98 Å². The molecular weight excluding hydrogens is 362 g/mol. The van der Waals surface area contributed by atoms with Crippen LogP contribution in [0.5, 0.6) is 5.75 Å². The number of nitrogens with two attached hydrogens (primary N) is 2. The van der Waals surface area contributed by atoms with Crippen LogP contribution >= 0.6 is 0 Å². The van der Waals surface area contributed by atoms with Crippen molar-refractivity contribution in [3.05, 3.63) is 77.6 Å². The second kappa shape index (κ2) is 9.00. The summed E-state index contributed by atoms with van der Waals surface area (Å²) in [6, 6.07) is 16.8. The molecule has 0 saturated carbocycles. The van der Waals surface area contributed by atoms with Gasteiger partial charge in [-0.15, -0.1) is 0 Å². The Kier molecular flexibility index (Phi) is 6.22. The van der Waals surface area contributed by atoms with Crippen molar-refractivity contribution in [2.24, 2.45) is 5.73 Å². The molecule has 146 valence electrons. The summed E-state index contributed by atoms with van der Waals surface area (Å²) in [5, 5.41) is 16.9. The fourth-order valence-corrected chi connectivity index (χ4v) is 3.05. The fraction of sp³-hybridized carbons (Fsp3) is 0.174. The number of aromatic nitrogens is 1. The van der Waals surface area contributed by atoms with Gasteiger partial charge in [0.05, 0.1) is 17.8 Å². The topological polar surface area (TPSA) is 122 Å². The molecule has 5 N–H and O–H groups in total. The van der Waals surface area contributed by atoms with Crippen molar-refractivity contribution in [1.29, 1.82) is 10.7 Å². The molecule has 1 aromatic heterocycles. The van der Waals surface area contributed by atoms with E-state index in [4.69, 9.17) is 26.9 Å². The maximum Gasteiger partial charge on any atom is 0.138 e. The minimum atomic E-state index is -0.212. The van der Waals surface area contributed by atoms with Crippen LogP contribution < -0.4 is 16.2 Å². The van der Waals surface area contributed by atoms with Gasteiger partial charge in [0.25, 0.3) is 0 Å². The van der Waals surface area contributed by atoms with Crippen LogP contribution in [0.15, 0.2) is 60.9 Å². The smallest absolute Gasteiger partial charge is 0.138 e. The molecule has 0 bridgehead atoms. The molecule has 0 saturated heterocycles. The molecule has 2 aromatic carbocycles. The van der Waals surface area contributed by atoms with E-state index in [-0.39, 0.29) is 6.04 Å². The van der Waals surface area contributed by atoms with Crippen LogP contribution in [-0.4, -0.2) is 23.3 Å². The minimum Gasteiger partial charge on any atom is -0.490 e. The highest BCUT2D eigenvalue weighted by atomic mass is 16.5. The second-order valence-corrected chi connectivity index (χ2v) is 6.92. The van der Waals surface area contributed by atoms with Crippen molar-refractivity contribution in [3.63, 3.8) is 0 Å². The third-order valence-electron chi connectivity index (χ3n) is 4.52. The monoisotopic (exact) mass is 385 g/mol. The number of nitrogen functional groups attached to an aromatic ring is 1. The number of nitrogens with one attached hydrogen (secondary N) is 1. The summed E-state index contributed by atoms with van der Waals surface area (Å²) in [7, 11) is 0. The molecule has 0 spiro atoms. The van der Waals surface area contributed by atoms with Gasteiger partial charge in [0.2, 0.25) is 0 Å². The van der Waals surface area contributed by atoms with Crippen LogP contribution in [-0.2, 0) is 6.42 Å². The zero-order chi connectivity index (χ0) is 20.8. The SMILES string of the molecule is CC(=N)c1cc(-c2cncc(OC[C@@H](N)Cc3cccc(C#N)c3)c2)ccc1N. The van der Waals surface area contributed by atoms with Crippen LogP contribution in [0.2, 0.25) is 0 Å². The third kappa shape index (κ3) is 5.18. The zero-order valence-electron chi connectivity index (χ0n) is 16.2. The highest BCUT2D eigenvalue weighted by Crippen LogP contribution is 2.26. The number of nitrogens with zero attached hydrogens (tertiary/aromatic N) is 2. The van der Waals surface area contributed by atoms with Gasteiger partial charge in [0.1, 0.15) is 12.4 Å². The predicted molar refractivity (Wildman–Crippen MR) is 115 cm³/mol. The van der Waals surface area contributed by atoms with Crippen LogP contribution in [0.3, 0.4) is 0 Å². The molecule has 3 rings (SSSR count). The Balaban J connectivity index is 1.68. The number of nitriles is 1. The number of hydrogen-bond donors (Lipinski definition) is 3. The van der Waals surface area contributed by atoms with E-state index in [1.807, 2.05) is 36.4 Å². The number of ether oxygens (including phenoxy) is 1. The predicted octanol–water partition coefficient (Wildman–Crippen LogP) is 3.54. The van der Waals surface area contributed by atoms with Crippen LogP contribution in [0.1, 0.15) is 23.6 Å². The molecule has 0 amide bonds. The van der Waals surface area contributed by atoms with Crippen molar-refractivity contribution in [2.75, 3.05) is 12.3 Å². The lowest BCUT2D eigenvalue weighted by Gasteiger charge is -2.14. The van der Waals surface area contributed by atoms with E-state index < -0.39 is 0 Å². The molecular formula is C23H23N5O. The van der Waals surface area contributed by atoms with E-state index in [0.717, 1.165) is 16.7 Å². The summed E-state index contributed by atoms with van der Waals surface area (Å²) < 4.78 is 5.84. The Morgan fingerprint density at radius 2 is 2.00 bits per heavy atom. The number of hydrogen-bond acceptors (Lipinski definition) is 6. The summed E-state index contributed by atoms with van der Waals surface area (Å²) in [5.74, 6) is 0.619. The van der Waals surface area contributed by atoms with Crippen LogP contribution in [0.25, 0.3) is 11.1 Å². The third-order valence-corrected chi connectivity index (χ3v) is 4.52. The van der Waals surface area contributed by atoms with Gasteiger partial charge in [0, 0.05) is 34.8 Å². The number of benzene rings is 2. The Morgan fingerprint density at radius 3 is 2.76 bits per heavy atom. The zero-order valence-corrected chi connectivity index (χ0v) is 16.2. The van der Waals surface area contributed by atoms with Crippen LogP contribution in [0.4, 0.5) is 5.69 Å². The first kappa shape index (κ1) is 20.1. The van der Waals surface area contributed by atoms with E-state index in [1.165, 1.54) is 0 Å². The Hall–Kier alpha value is -3.69. The second-order valence-electron chi connectivity index (χ2n) is 6.92. The van der Waals surface area contributed by atoms with E-state index in [1.54, 1.807) is 31.5 Å². The quantitative estimate of drug-likeness (QED) is 0.424. The standard InChI is InChI=1S/C23H23N5O/c1-15(25)22-10-18(5-6-23(22)27)19-9-21(13-28-12-19)29-14-20(26)8-16-3-2-4-17(7-16)11-24/h2-7,9-10,12-13,20,25H,8,14,26-27H2,1H3/t20-/m0/s1. The minimum absolute atomic E-state index is 0.212. The van der Waals surface area contributed by atoms with Gasteiger partial charge in [-0.25, -0.2) is 0 Å². The van der Waals surface area contributed by atoms with E-state index in [2.05, 4.69) is 11.1 Å². The lowest BCUT2D eigenvalue weighted by molar-refractivity contribution is 0.286. The molecule has 1 atom stereocenters. The summed E-state index contributed by atoms with van der Waals surface area (Å²) in [5.41, 5.74) is 17.3. The average molecular weight is 385 g/mol. The molecule has 6 nitrogen and oxygen atoms in total. The molecule has 0 aliphatic heterocycles. The van der Waals surface area contributed by atoms with Gasteiger partial charge in [0.15, 0.2) is 0 Å². The molecule has 0 aliphatic carbocycles. The van der Waals surface area contributed by atoms with Gasteiger partial charge in [-0.1, -0.05) is 18.2 Å². The first-order valence-corrected chi connectivity index (χ1v) is 9.24. The van der Waals surface area contributed by atoms with Crippen molar-refractivity contribution in [1.82, 2.24) is 4.98 Å². The highest BCUT2D eigenvalue weighted by Gasteiger charge is 2.09. The first-order valence-electron chi connectivity index (χ1n) is 9.24. The molecule has 29 heavy (non-hydrogen) atoms. The summed E-state index contributed by atoms with van der Waals surface area (Å²) in [6.07, 6.45) is 4.00. The number of anilines is 1. The lowest BCUT2D eigenvalue weighted by atomic mass is 10.0. The molecule has 0 fully saturated rings. The van der Waals surface area contributed by atoms with Crippen molar-refractivity contribution >= 4 is 11.4 Å². The van der Waals surface area contributed by atoms with Crippen molar-refractivity contribution < 1.29 is 4.74 Å². The molecule has 3 aromatic rings.